The van der Waals surface area contributed by atoms with Crippen LogP contribution in [0.5, 0.6) is 0 Å². The number of fused-ring (bicyclic) bond motifs is 1. The first-order chi connectivity index (χ1) is 3.36. The number of piperidine rings is 1. The summed E-state index contributed by atoms with van der Waals surface area (Å²) in [6.07, 6.45) is 2.44. The molecule has 0 aromatic heterocycles. The summed E-state index contributed by atoms with van der Waals surface area (Å²) in [5.74, 6) is 1.98. The molecule has 0 amide bonds. The number of hydrogen-bond donors (Lipinski definition) is 0. The van der Waals surface area contributed by atoms with Crippen LogP contribution in [0.4, 0.5) is 0 Å². The van der Waals surface area contributed by atoms with Crippen LogP contribution in [-0.4, -0.2) is 25.0 Å². The summed E-state index contributed by atoms with van der Waals surface area (Å²) in [6, 6.07) is 0. The fourth-order valence-electron chi connectivity index (χ4n) is 1.44. The van der Waals surface area contributed by atoms with Gasteiger partial charge in [-0.05, 0) is 25.3 Å². The summed E-state index contributed by atoms with van der Waals surface area (Å²) in [4.78, 5) is 2.40. The molecule has 1 heteroatoms. The number of rotatable bonds is 0. The maximum Gasteiger partial charge on any atom is 0.00128 e. The van der Waals surface area contributed by atoms with Crippen molar-refractivity contribution in [1.29, 1.82) is 0 Å². The Hall–Kier alpha value is -0.0400. The van der Waals surface area contributed by atoms with Crippen LogP contribution in [-0.2, 0) is 0 Å². The van der Waals surface area contributed by atoms with Crippen molar-refractivity contribution in [2.45, 2.75) is 0 Å². The average molecular weight is 96.2 g/mol. The van der Waals surface area contributed by atoms with Crippen molar-refractivity contribution in [3.8, 4) is 0 Å². The Kier molecular flexibility index (Phi) is 0.571. The van der Waals surface area contributed by atoms with E-state index in [9.17, 15) is 0 Å². The minimum absolute atomic E-state index is 0.991. The number of hydrogen-bond acceptors (Lipinski definition) is 1. The van der Waals surface area contributed by atoms with E-state index in [2.05, 4.69) is 18.4 Å². The largest absolute Gasteiger partial charge is 0.306 e. The van der Waals surface area contributed by atoms with Gasteiger partial charge in [-0.25, -0.2) is 0 Å². The molecule has 2 aliphatic rings. The van der Waals surface area contributed by atoms with E-state index in [-0.39, 0.29) is 0 Å². The first-order valence-corrected chi connectivity index (χ1v) is 2.90. The molecule has 1 aliphatic carbocycles. The third-order valence-electron chi connectivity index (χ3n) is 1.95. The van der Waals surface area contributed by atoms with Crippen LogP contribution >= 0.6 is 0 Å². The quantitative estimate of drug-likeness (QED) is 0.421. The fraction of sp³-hybridized carbons (Fsp3) is 0.833. The van der Waals surface area contributed by atoms with E-state index in [0.29, 0.717) is 0 Å². The monoisotopic (exact) mass is 96.1 g/mol. The molecule has 2 atom stereocenters. The van der Waals surface area contributed by atoms with Gasteiger partial charge >= 0.3 is 0 Å². The van der Waals surface area contributed by atoms with Gasteiger partial charge in [-0.3, -0.25) is 0 Å². The Morgan fingerprint density at radius 1 is 1.43 bits per heavy atom. The molecule has 2 unspecified atom stereocenters. The lowest BCUT2D eigenvalue weighted by molar-refractivity contribution is 0.387. The smallest absolute Gasteiger partial charge is 0.00128 e. The lowest BCUT2D eigenvalue weighted by Crippen LogP contribution is -2.15. The van der Waals surface area contributed by atoms with E-state index in [4.69, 9.17) is 0 Å². The van der Waals surface area contributed by atoms with Crippen molar-refractivity contribution in [3.63, 3.8) is 0 Å². The summed E-state index contributed by atoms with van der Waals surface area (Å²) in [5.41, 5.74) is 0. The van der Waals surface area contributed by atoms with Crippen LogP contribution in [0.15, 0.2) is 0 Å². The summed E-state index contributed by atoms with van der Waals surface area (Å²) in [7, 11) is 2.19. The van der Waals surface area contributed by atoms with Crippen molar-refractivity contribution < 1.29 is 0 Å². The Balaban J connectivity index is 2.02. The minimum atomic E-state index is 0.991. The predicted octanol–water partition coefficient (Wildman–Crippen LogP) is 0.382. The summed E-state index contributed by atoms with van der Waals surface area (Å²) < 4.78 is 0. The summed E-state index contributed by atoms with van der Waals surface area (Å²) >= 11 is 0. The van der Waals surface area contributed by atoms with Crippen molar-refractivity contribution in [1.82, 2.24) is 4.90 Å². The van der Waals surface area contributed by atoms with E-state index in [0.717, 1.165) is 11.8 Å². The standard InChI is InChI=1S/C6H10N/c1-7-3-5-2-6(5)4-7/h2,5-6H,3-4H2,1H3. The summed E-state index contributed by atoms with van der Waals surface area (Å²) in [6.45, 7) is 2.65. The van der Waals surface area contributed by atoms with Gasteiger partial charge in [0, 0.05) is 13.1 Å². The molecule has 0 N–H and O–H groups in total. The van der Waals surface area contributed by atoms with Gasteiger partial charge in [0.1, 0.15) is 0 Å². The van der Waals surface area contributed by atoms with Crippen LogP contribution in [0.25, 0.3) is 0 Å². The molecule has 1 nitrogen and oxygen atoms in total. The molecular weight excluding hydrogens is 86.1 g/mol. The lowest BCUT2D eigenvalue weighted by Gasteiger charge is -2.06. The SMILES string of the molecule is CN1CC2[CH]C2C1. The zero-order valence-electron chi connectivity index (χ0n) is 4.59. The maximum atomic E-state index is 2.44. The summed E-state index contributed by atoms with van der Waals surface area (Å²) in [5, 5.41) is 0. The number of nitrogens with zero attached hydrogens (tertiary/aromatic N) is 1. The van der Waals surface area contributed by atoms with Gasteiger partial charge in [0.05, 0.1) is 0 Å². The van der Waals surface area contributed by atoms with Crippen LogP contribution in [0.3, 0.4) is 0 Å². The molecule has 1 saturated heterocycles. The topological polar surface area (TPSA) is 3.24 Å². The normalized spacial score (nSPS) is 49.3. The van der Waals surface area contributed by atoms with Crippen LogP contribution in [0, 0.1) is 18.3 Å². The second-order valence-corrected chi connectivity index (χ2v) is 2.74. The van der Waals surface area contributed by atoms with Gasteiger partial charge in [0.15, 0.2) is 0 Å². The predicted molar refractivity (Wildman–Crippen MR) is 28.8 cm³/mol. The molecule has 2 fully saturated rings. The van der Waals surface area contributed by atoms with E-state index < -0.39 is 0 Å². The molecule has 1 saturated carbocycles. The second kappa shape index (κ2) is 1.03. The second-order valence-electron chi connectivity index (χ2n) is 2.74. The zero-order chi connectivity index (χ0) is 4.85. The van der Waals surface area contributed by atoms with Gasteiger partial charge < -0.3 is 4.90 Å². The maximum absolute atomic E-state index is 2.44. The fourth-order valence-corrected chi connectivity index (χ4v) is 1.44. The third kappa shape index (κ3) is 0.480. The lowest BCUT2D eigenvalue weighted by atomic mass is 10.4. The first-order valence-electron chi connectivity index (χ1n) is 2.90. The first kappa shape index (κ1) is 3.90. The average Bonchev–Trinajstić information content (AvgIpc) is 2.15. The van der Waals surface area contributed by atoms with Gasteiger partial charge in [-0.2, -0.15) is 0 Å². The minimum Gasteiger partial charge on any atom is -0.306 e. The molecule has 1 radical (unpaired) electrons. The highest BCUT2D eigenvalue weighted by atomic mass is 15.1. The van der Waals surface area contributed by atoms with E-state index in [1.807, 2.05) is 0 Å². The molecule has 0 spiro atoms. The van der Waals surface area contributed by atoms with Crippen molar-refractivity contribution >= 4 is 0 Å². The van der Waals surface area contributed by atoms with Crippen molar-refractivity contribution in [2.75, 3.05) is 20.1 Å². The van der Waals surface area contributed by atoms with Crippen molar-refractivity contribution in [3.05, 3.63) is 6.42 Å². The molecule has 0 aromatic carbocycles. The highest BCUT2D eigenvalue weighted by Crippen LogP contribution is 2.42. The Morgan fingerprint density at radius 2 is 2.00 bits per heavy atom. The highest BCUT2D eigenvalue weighted by molar-refractivity contribution is 5.11. The van der Waals surface area contributed by atoms with E-state index in [1.165, 1.54) is 13.1 Å². The highest BCUT2D eigenvalue weighted by Gasteiger charge is 2.43. The molecule has 0 aromatic rings. The Bertz CT molecular complexity index is 80.2. The van der Waals surface area contributed by atoms with Gasteiger partial charge in [-0.15, -0.1) is 0 Å². The van der Waals surface area contributed by atoms with Crippen LogP contribution in [0.2, 0.25) is 0 Å². The van der Waals surface area contributed by atoms with E-state index >= 15 is 0 Å². The van der Waals surface area contributed by atoms with E-state index in [1.54, 1.807) is 0 Å². The Labute approximate surface area is 44.3 Å². The molecule has 2 rings (SSSR count). The number of likely N-dealkylation sites (tertiary alicyclic amines) is 1. The van der Waals surface area contributed by atoms with Crippen LogP contribution < -0.4 is 0 Å². The van der Waals surface area contributed by atoms with Crippen molar-refractivity contribution in [2.24, 2.45) is 11.8 Å². The molecule has 7 heavy (non-hydrogen) atoms. The molecular formula is C6H10N. The van der Waals surface area contributed by atoms with Gasteiger partial charge in [0.25, 0.3) is 0 Å². The van der Waals surface area contributed by atoms with Gasteiger partial charge in [0.2, 0.25) is 0 Å². The molecule has 0 bridgehead atoms. The zero-order valence-corrected chi connectivity index (χ0v) is 4.59. The van der Waals surface area contributed by atoms with Crippen LogP contribution in [0.1, 0.15) is 0 Å². The molecule has 39 valence electrons. The molecule has 1 heterocycles. The Morgan fingerprint density at radius 3 is 2.29 bits per heavy atom. The van der Waals surface area contributed by atoms with Gasteiger partial charge in [-0.1, -0.05) is 0 Å². The third-order valence-corrected chi connectivity index (χ3v) is 1.95. The molecule has 1 aliphatic heterocycles.